The minimum atomic E-state index is 0.130. The Bertz CT molecular complexity index is 782. The van der Waals surface area contributed by atoms with E-state index in [1.807, 2.05) is 36.1 Å². The molecular formula is C22H29NO4. The molecule has 0 saturated heterocycles. The number of hydrogen-bond acceptors (Lipinski definition) is 4. The number of hydrogen-bond donors (Lipinski definition) is 0. The van der Waals surface area contributed by atoms with Gasteiger partial charge < -0.3 is 18.8 Å². The summed E-state index contributed by atoms with van der Waals surface area (Å²) in [5.74, 6) is 4.77. The van der Waals surface area contributed by atoms with Gasteiger partial charge >= 0.3 is 0 Å². The van der Waals surface area contributed by atoms with Gasteiger partial charge in [-0.05, 0) is 49.1 Å². The van der Waals surface area contributed by atoms with E-state index in [-0.39, 0.29) is 5.91 Å². The average molecular weight is 371 g/mol. The second-order valence-electron chi connectivity index (χ2n) is 7.22. The molecule has 5 heteroatoms. The van der Waals surface area contributed by atoms with Gasteiger partial charge in [-0.25, -0.2) is 0 Å². The molecule has 27 heavy (non-hydrogen) atoms. The molecule has 0 aliphatic heterocycles. The third-order valence-corrected chi connectivity index (χ3v) is 5.30. The molecule has 0 spiro atoms. The van der Waals surface area contributed by atoms with Crippen LogP contribution in [0.25, 0.3) is 0 Å². The van der Waals surface area contributed by atoms with Crippen molar-refractivity contribution >= 4 is 5.91 Å². The Balaban J connectivity index is 1.56. The predicted octanol–water partition coefficient (Wildman–Crippen LogP) is 4.40. The summed E-state index contributed by atoms with van der Waals surface area (Å²) in [7, 11) is 3.23. The number of amides is 1. The van der Waals surface area contributed by atoms with E-state index in [0.717, 1.165) is 23.0 Å². The van der Waals surface area contributed by atoms with E-state index in [1.165, 1.54) is 6.42 Å². The summed E-state index contributed by atoms with van der Waals surface area (Å²) >= 11 is 0. The lowest BCUT2D eigenvalue weighted by Gasteiger charge is -2.21. The molecule has 5 nitrogen and oxygen atoms in total. The molecule has 1 aliphatic rings. The molecule has 1 aliphatic carbocycles. The first-order valence-corrected chi connectivity index (χ1v) is 9.63. The summed E-state index contributed by atoms with van der Waals surface area (Å²) in [5.41, 5.74) is 1.02. The molecule has 146 valence electrons. The molecule has 2 atom stereocenters. The fourth-order valence-corrected chi connectivity index (χ4v) is 3.41. The zero-order chi connectivity index (χ0) is 19.4. The van der Waals surface area contributed by atoms with Gasteiger partial charge in [-0.15, -0.1) is 0 Å². The van der Waals surface area contributed by atoms with E-state index >= 15 is 0 Å². The number of methoxy groups -OCH3 is 2. The van der Waals surface area contributed by atoms with E-state index in [4.69, 9.17) is 13.9 Å². The fourth-order valence-electron chi connectivity index (χ4n) is 3.41. The molecule has 1 fully saturated rings. The number of benzene rings is 1. The van der Waals surface area contributed by atoms with Crippen molar-refractivity contribution in [3.05, 3.63) is 47.4 Å². The Morgan fingerprint density at radius 2 is 1.93 bits per heavy atom. The summed E-state index contributed by atoms with van der Waals surface area (Å²) in [6, 6.07) is 9.83. The third-order valence-electron chi connectivity index (χ3n) is 5.30. The van der Waals surface area contributed by atoms with Crippen LogP contribution in [0.4, 0.5) is 0 Å². The van der Waals surface area contributed by atoms with Crippen LogP contribution in [-0.4, -0.2) is 31.6 Å². The van der Waals surface area contributed by atoms with Crippen molar-refractivity contribution in [2.75, 3.05) is 20.8 Å². The van der Waals surface area contributed by atoms with Crippen LogP contribution in [-0.2, 0) is 17.8 Å². The van der Waals surface area contributed by atoms with Crippen molar-refractivity contribution < 1.29 is 18.7 Å². The van der Waals surface area contributed by atoms with Crippen molar-refractivity contribution in [3.63, 3.8) is 0 Å². The SMILES string of the molecule is CCN(Cc1ccc(OC)c(OC)c1)C(=O)CCc1ccc(C2CC2C)o1. The summed E-state index contributed by atoms with van der Waals surface area (Å²) in [4.78, 5) is 14.5. The second kappa shape index (κ2) is 8.51. The van der Waals surface area contributed by atoms with Crippen molar-refractivity contribution in [2.24, 2.45) is 5.92 Å². The molecular weight excluding hydrogens is 342 g/mol. The van der Waals surface area contributed by atoms with E-state index in [2.05, 4.69) is 13.0 Å². The Labute approximate surface area is 161 Å². The van der Waals surface area contributed by atoms with Crippen LogP contribution in [0.2, 0.25) is 0 Å². The highest BCUT2D eigenvalue weighted by molar-refractivity contribution is 5.76. The maximum absolute atomic E-state index is 12.7. The van der Waals surface area contributed by atoms with Gasteiger partial charge in [0.15, 0.2) is 11.5 Å². The minimum Gasteiger partial charge on any atom is -0.493 e. The lowest BCUT2D eigenvalue weighted by atomic mass is 10.1. The number of nitrogens with zero attached hydrogens (tertiary/aromatic N) is 1. The van der Waals surface area contributed by atoms with Crippen LogP contribution in [0.1, 0.15) is 49.7 Å². The van der Waals surface area contributed by atoms with E-state index < -0.39 is 0 Å². The van der Waals surface area contributed by atoms with E-state index in [0.29, 0.717) is 43.3 Å². The highest BCUT2D eigenvalue weighted by Gasteiger charge is 2.36. The fraction of sp³-hybridized carbons (Fsp3) is 0.500. The highest BCUT2D eigenvalue weighted by Crippen LogP contribution is 2.47. The van der Waals surface area contributed by atoms with Gasteiger partial charge in [0.25, 0.3) is 0 Å². The van der Waals surface area contributed by atoms with Gasteiger partial charge in [0, 0.05) is 31.8 Å². The third kappa shape index (κ3) is 4.65. The van der Waals surface area contributed by atoms with Crippen LogP contribution >= 0.6 is 0 Å². The smallest absolute Gasteiger partial charge is 0.223 e. The van der Waals surface area contributed by atoms with Crippen molar-refractivity contribution in [3.8, 4) is 11.5 Å². The molecule has 1 amide bonds. The molecule has 0 bridgehead atoms. The average Bonchev–Trinajstić information content (AvgIpc) is 3.23. The maximum atomic E-state index is 12.7. The number of aryl methyl sites for hydroxylation is 1. The van der Waals surface area contributed by atoms with Crippen molar-refractivity contribution in [2.45, 2.75) is 45.6 Å². The van der Waals surface area contributed by atoms with Crippen molar-refractivity contribution in [1.29, 1.82) is 0 Å². The van der Waals surface area contributed by atoms with Gasteiger partial charge in [0.1, 0.15) is 11.5 Å². The zero-order valence-corrected chi connectivity index (χ0v) is 16.7. The molecule has 1 saturated carbocycles. The van der Waals surface area contributed by atoms with Crippen LogP contribution < -0.4 is 9.47 Å². The number of carbonyl (C=O) groups excluding carboxylic acids is 1. The van der Waals surface area contributed by atoms with Gasteiger partial charge in [0.05, 0.1) is 14.2 Å². The molecule has 1 heterocycles. The normalized spacial score (nSPS) is 18.2. The van der Waals surface area contributed by atoms with Gasteiger partial charge in [-0.2, -0.15) is 0 Å². The lowest BCUT2D eigenvalue weighted by Crippen LogP contribution is -2.30. The Morgan fingerprint density at radius 3 is 2.56 bits per heavy atom. The van der Waals surface area contributed by atoms with Crippen molar-refractivity contribution in [1.82, 2.24) is 4.90 Å². The Morgan fingerprint density at radius 1 is 1.19 bits per heavy atom. The summed E-state index contributed by atoms with van der Waals surface area (Å²) in [6.45, 7) is 5.46. The monoisotopic (exact) mass is 371 g/mol. The summed E-state index contributed by atoms with van der Waals surface area (Å²) < 4.78 is 16.5. The van der Waals surface area contributed by atoms with Crippen LogP contribution in [0, 0.1) is 5.92 Å². The number of carbonyl (C=O) groups is 1. The molecule has 0 radical (unpaired) electrons. The minimum absolute atomic E-state index is 0.130. The first kappa shape index (κ1) is 19.3. The lowest BCUT2D eigenvalue weighted by molar-refractivity contribution is -0.131. The number of ether oxygens (including phenoxy) is 2. The first-order chi connectivity index (χ1) is 13.0. The van der Waals surface area contributed by atoms with E-state index in [9.17, 15) is 4.79 Å². The molecule has 3 rings (SSSR count). The van der Waals surface area contributed by atoms with Crippen LogP contribution in [0.3, 0.4) is 0 Å². The summed E-state index contributed by atoms with van der Waals surface area (Å²) in [5, 5.41) is 0. The van der Waals surface area contributed by atoms with Gasteiger partial charge in [-0.3, -0.25) is 4.79 Å². The molecule has 1 aromatic heterocycles. The largest absolute Gasteiger partial charge is 0.493 e. The topological polar surface area (TPSA) is 51.9 Å². The molecule has 2 aromatic rings. The summed E-state index contributed by atoms with van der Waals surface area (Å²) in [6.07, 6.45) is 2.30. The van der Waals surface area contributed by atoms with Gasteiger partial charge in [-0.1, -0.05) is 13.0 Å². The maximum Gasteiger partial charge on any atom is 0.223 e. The van der Waals surface area contributed by atoms with Crippen LogP contribution in [0.5, 0.6) is 11.5 Å². The molecule has 1 aromatic carbocycles. The van der Waals surface area contributed by atoms with Gasteiger partial charge in [0.2, 0.25) is 5.91 Å². The molecule has 2 unspecified atom stereocenters. The zero-order valence-electron chi connectivity index (χ0n) is 16.7. The van der Waals surface area contributed by atoms with E-state index in [1.54, 1.807) is 14.2 Å². The predicted molar refractivity (Wildman–Crippen MR) is 104 cm³/mol. The van der Waals surface area contributed by atoms with Crippen LogP contribution in [0.15, 0.2) is 34.7 Å². The quantitative estimate of drug-likeness (QED) is 0.655. The Hall–Kier alpha value is -2.43. The molecule has 0 N–H and O–H groups in total. The highest BCUT2D eigenvalue weighted by atomic mass is 16.5. The standard InChI is InChI=1S/C22H29NO4/c1-5-23(14-16-6-9-20(25-3)21(13-16)26-4)22(24)11-8-17-7-10-19(27-17)18-12-15(18)2/h6-7,9-10,13,15,18H,5,8,11-12,14H2,1-4H3. The number of rotatable bonds is 9. The number of furan rings is 1. The second-order valence-corrected chi connectivity index (χ2v) is 7.22. The Kier molecular flexibility index (Phi) is 6.09. The first-order valence-electron chi connectivity index (χ1n) is 9.63.